The maximum atomic E-state index is 12.2. The van der Waals surface area contributed by atoms with E-state index < -0.39 is 0 Å². The third kappa shape index (κ3) is 4.09. The van der Waals surface area contributed by atoms with Crippen LogP contribution in [0.15, 0.2) is 72.8 Å². The molecule has 20 heavy (non-hydrogen) atoms. The van der Waals surface area contributed by atoms with Crippen LogP contribution in [0.25, 0.3) is 0 Å². The van der Waals surface area contributed by atoms with E-state index in [9.17, 15) is 4.79 Å². The summed E-state index contributed by atoms with van der Waals surface area (Å²) in [4.78, 5) is 14.0. The Morgan fingerprint density at radius 1 is 0.900 bits per heavy atom. The molecule has 0 unspecified atom stereocenters. The van der Waals surface area contributed by atoms with Gasteiger partial charge in [0.2, 0.25) is 5.91 Å². The molecule has 2 aromatic carbocycles. The molecule has 2 heteroatoms. The topological polar surface area (TPSA) is 20.3 Å². The molecule has 0 spiro atoms. The molecule has 0 N–H and O–H groups in total. The quantitative estimate of drug-likeness (QED) is 0.753. The third-order valence-corrected chi connectivity index (χ3v) is 3.05. The average Bonchev–Trinajstić information content (AvgIpc) is 2.49. The second-order valence-corrected chi connectivity index (χ2v) is 4.67. The van der Waals surface area contributed by atoms with Crippen molar-refractivity contribution in [2.75, 3.05) is 0 Å². The first-order valence-electron chi connectivity index (χ1n) is 6.79. The number of carbonyl (C=O) groups is 1. The molecule has 0 heterocycles. The van der Waals surface area contributed by atoms with Crippen molar-refractivity contribution in [3.63, 3.8) is 0 Å². The van der Waals surface area contributed by atoms with Crippen LogP contribution in [0.3, 0.4) is 0 Å². The lowest BCUT2D eigenvalue weighted by atomic mass is 10.1. The molecule has 0 saturated carbocycles. The van der Waals surface area contributed by atoms with Crippen LogP contribution in [0.5, 0.6) is 0 Å². The summed E-state index contributed by atoms with van der Waals surface area (Å²) in [6, 6.07) is 20.1. The van der Waals surface area contributed by atoms with Crippen molar-refractivity contribution in [2.45, 2.75) is 20.0 Å². The summed E-state index contributed by atoms with van der Waals surface area (Å²) in [5.74, 6) is 0.0419. The smallest absolute Gasteiger partial charge is 0.246 e. The lowest BCUT2D eigenvalue weighted by molar-refractivity contribution is -0.127. The van der Waals surface area contributed by atoms with Crippen LogP contribution in [0, 0.1) is 0 Å². The van der Waals surface area contributed by atoms with E-state index in [1.54, 1.807) is 12.2 Å². The van der Waals surface area contributed by atoms with Gasteiger partial charge in [0.25, 0.3) is 0 Å². The van der Waals surface area contributed by atoms with Crippen LogP contribution >= 0.6 is 0 Å². The minimum absolute atomic E-state index is 0.0419. The second kappa shape index (κ2) is 7.29. The number of carbonyl (C=O) groups excluding carboxylic acids is 1. The van der Waals surface area contributed by atoms with Crippen LogP contribution in [0.2, 0.25) is 0 Å². The minimum atomic E-state index is 0.0419. The van der Waals surface area contributed by atoms with Crippen molar-refractivity contribution in [3.8, 4) is 0 Å². The van der Waals surface area contributed by atoms with E-state index in [-0.39, 0.29) is 5.91 Å². The molecule has 2 aromatic rings. The first kappa shape index (κ1) is 14.1. The first-order chi connectivity index (χ1) is 9.79. The van der Waals surface area contributed by atoms with Gasteiger partial charge in [-0.15, -0.1) is 0 Å². The van der Waals surface area contributed by atoms with E-state index in [0.717, 1.165) is 11.1 Å². The number of amides is 1. The summed E-state index contributed by atoms with van der Waals surface area (Å²) in [6.45, 7) is 3.11. The van der Waals surface area contributed by atoms with E-state index in [1.165, 1.54) is 0 Å². The van der Waals surface area contributed by atoms with Crippen molar-refractivity contribution in [3.05, 3.63) is 83.9 Å². The molecule has 0 aliphatic rings. The Morgan fingerprint density at radius 2 is 1.35 bits per heavy atom. The average molecular weight is 265 g/mol. The Balaban J connectivity index is 2.14. The van der Waals surface area contributed by atoms with Crippen LogP contribution < -0.4 is 0 Å². The van der Waals surface area contributed by atoms with Gasteiger partial charge in [0.05, 0.1) is 0 Å². The molecule has 0 saturated heterocycles. The van der Waals surface area contributed by atoms with E-state index >= 15 is 0 Å². The number of allylic oxidation sites excluding steroid dienone is 1. The zero-order chi connectivity index (χ0) is 14.2. The molecular formula is C18H19NO. The fourth-order valence-corrected chi connectivity index (χ4v) is 2.07. The molecular weight excluding hydrogens is 246 g/mol. The van der Waals surface area contributed by atoms with Gasteiger partial charge in [-0.1, -0.05) is 66.7 Å². The van der Waals surface area contributed by atoms with Gasteiger partial charge in [-0.05, 0) is 24.1 Å². The molecule has 102 valence electrons. The van der Waals surface area contributed by atoms with Gasteiger partial charge in [0.1, 0.15) is 0 Å². The van der Waals surface area contributed by atoms with Crippen molar-refractivity contribution in [1.29, 1.82) is 0 Å². The lowest BCUT2D eigenvalue weighted by Gasteiger charge is -2.21. The second-order valence-electron chi connectivity index (χ2n) is 4.67. The molecule has 0 radical (unpaired) electrons. The summed E-state index contributed by atoms with van der Waals surface area (Å²) in [5.41, 5.74) is 2.28. The molecule has 0 aromatic heterocycles. The molecule has 2 nitrogen and oxygen atoms in total. The Bertz CT molecular complexity index is 519. The van der Waals surface area contributed by atoms with Crippen molar-refractivity contribution < 1.29 is 4.79 Å². The summed E-state index contributed by atoms with van der Waals surface area (Å²) < 4.78 is 0. The zero-order valence-electron chi connectivity index (χ0n) is 11.7. The van der Waals surface area contributed by atoms with E-state index in [0.29, 0.717) is 13.1 Å². The SMILES string of the molecule is C/C=C/C(=O)N(Cc1ccccc1)Cc1ccccc1. The Hall–Kier alpha value is -2.35. The van der Waals surface area contributed by atoms with Gasteiger partial charge in [-0.25, -0.2) is 0 Å². The largest absolute Gasteiger partial charge is 0.331 e. The fourth-order valence-electron chi connectivity index (χ4n) is 2.07. The number of hydrogen-bond donors (Lipinski definition) is 0. The van der Waals surface area contributed by atoms with Crippen LogP contribution in [0.4, 0.5) is 0 Å². The van der Waals surface area contributed by atoms with Crippen LogP contribution in [-0.2, 0) is 17.9 Å². The Morgan fingerprint density at radius 3 is 1.75 bits per heavy atom. The van der Waals surface area contributed by atoms with Gasteiger partial charge in [0, 0.05) is 13.1 Å². The van der Waals surface area contributed by atoms with E-state index in [2.05, 4.69) is 0 Å². The summed E-state index contributed by atoms with van der Waals surface area (Å²) in [7, 11) is 0. The minimum Gasteiger partial charge on any atom is -0.331 e. The van der Waals surface area contributed by atoms with E-state index in [4.69, 9.17) is 0 Å². The molecule has 0 aliphatic carbocycles. The van der Waals surface area contributed by atoms with Gasteiger partial charge >= 0.3 is 0 Å². The van der Waals surface area contributed by atoms with Gasteiger partial charge < -0.3 is 4.90 Å². The molecule has 0 fully saturated rings. The first-order valence-corrected chi connectivity index (χ1v) is 6.79. The normalized spacial score (nSPS) is 10.7. The standard InChI is InChI=1S/C18H19NO/c1-2-9-18(20)19(14-16-10-5-3-6-11-16)15-17-12-7-4-8-13-17/h2-13H,14-15H2,1H3/b9-2+. The highest BCUT2D eigenvalue weighted by Crippen LogP contribution is 2.10. The number of rotatable bonds is 5. The molecule has 1 amide bonds. The Labute approximate surface area is 120 Å². The number of benzene rings is 2. The van der Waals surface area contributed by atoms with Crippen LogP contribution in [-0.4, -0.2) is 10.8 Å². The highest BCUT2D eigenvalue weighted by atomic mass is 16.2. The number of hydrogen-bond acceptors (Lipinski definition) is 1. The molecule has 0 atom stereocenters. The summed E-state index contributed by atoms with van der Waals surface area (Å²) in [6.07, 6.45) is 3.40. The summed E-state index contributed by atoms with van der Waals surface area (Å²) >= 11 is 0. The van der Waals surface area contributed by atoms with Crippen LogP contribution in [0.1, 0.15) is 18.1 Å². The molecule has 0 aliphatic heterocycles. The maximum absolute atomic E-state index is 12.2. The molecule has 0 bridgehead atoms. The van der Waals surface area contributed by atoms with Gasteiger partial charge in [-0.3, -0.25) is 4.79 Å². The molecule has 2 rings (SSSR count). The van der Waals surface area contributed by atoms with E-state index in [1.807, 2.05) is 72.5 Å². The van der Waals surface area contributed by atoms with Crippen molar-refractivity contribution >= 4 is 5.91 Å². The monoisotopic (exact) mass is 265 g/mol. The highest BCUT2D eigenvalue weighted by Gasteiger charge is 2.11. The van der Waals surface area contributed by atoms with Gasteiger partial charge in [-0.2, -0.15) is 0 Å². The summed E-state index contributed by atoms with van der Waals surface area (Å²) in [5, 5.41) is 0. The van der Waals surface area contributed by atoms with Crippen molar-refractivity contribution in [1.82, 2.24) is 4.90 Å². The predicted molar refractivity (Wildman–Crippen MR) is 82.0 cm³/mol. The number of nitrogens with zero attached hydrogens (tertiary/aromatic N) is 1. The maximum Gasteiger partial charge on any atom is 0.246 e. The van der Waals surface area contributed by atoms with Crippen molar-refractivity contribution in [2.24, 2.45) is 0 Å². The third-order valence-electron chi connectivity index (χ3n) is 3.05. The highest BCUT2D eigenvalue weighted by molar-refractivity contribution is 5.87. The Kier molecular flexibility index (Phi) is 5.13. The van der Waals surface area contributed by atoms with Gasteiger partial charge in [0.15, 0.2) is 0 Å². The predicted octanol–water partition coefficient (Wildman–Crippen LogP) is 3.79. The lowest BCUT2D eigenvalue weighted by Crippen LogP contribution is -2.28. The fraction of sp³-hybridized carbons (Fsp3) is 0.167. The zero-order valence-corrected chi connectivity index (χ0v) is 11.7.